The molecule has 19 heavy (non-hydrogen) atoms. The van der Waals surface area contributed by atoms with Gasteiger partial charge in [-0.05, 0) is 36.3 Å². The van der Waals surface area contributed by atoms with E-state index in [4.69, 9.17) is 10.5 Å². The van der Waals surface area contributed by atoms with Crippen LogP contribution in [0, 0.1) is 0 Å². The predicted octanol–water partition coefficient (Wildman–Crippen LogP) is 1.09. The van der Waals surface area contributed by atoms with Crippen LogP contribution in [0.5, 0.6) is 5.88 Å². The molecule has 0 saturated carbocycles. The van der Waals surface area contributed by atoms with Gasteiger partial charge in [-0.1, -0.05) is 0 Å². The molecule has 0 aromatic carbocycles. The van der Waals surface area contributed by atoms with Gasteiger partial charge in [-0.3, -0.25) is 4.79 Å². The minimum atomic E-state index is -0.541. The van der Waals surface area contributed by atoms with E-state index in [9.17, 15) is 4.79 Å². The monoisotopic (exact) mass is 263 g/mol. The first-order valence-corrected chi connectivity index (χ1v) is 5.59. The summed E-state index contributed by atoms with van der Waals surface area (Å²) in [7, 11) is 0. The number of amides is 1. The SMILES string of the molecule is CC(C)Oc1ncccc1NC(=O)c1nonc1N. The second-order valence-corrected chi connectivity index (χ2v) is 3.97. The van der Waals surface area contributed by atoms with Gasteiger partial charge in [0.1, 0.15) is 5.69 Å². The van der Waals surface area contributed by atoms with Crippen LogP contribution >= 0.6 is 0 Å². The van der Waals surface area contributed by atoms with E-state index in [1.807, 2.05) is 13.8 Å². The van der Waals surface area contributed by atoms with Crippen molar-refractivity contribution in [1.29, 1.82) is 0 Å². The molecule has 0 aliphatic heterocycles. The number of nitrogens with one attached hydrogen (secondary N) is 1. The van der Waals surface area contributed by atoms with Crippen molar-refractivity contribution in [2.24, 2.45) is 0 Å². The Bertz CT molecular complexity index is 581. The van der Waals surface area contributed by atoms with Gasteiger partial charge in [0.15, 0.2) is 0 Å². The number of nitrogens with zero attached hydrogens (tertiary/aromatic N) is 3. The van der Waals surface area contributed by atoms with E-state index in [1.165, 1.54) is 0 Å². The lowest BCUT2D eigenvalue weighted by atomic mass is 10.3. The maximum atomic E-state index is 11.9. The molecule has 0 saturated heterocycles. The van der Waals surface area contributed by atoms with E-state index < -0.39 is 5.91 Å². The average molecular weight is 263 g/mol. The van der Waals surface area contributed by atoms with Crippen molar-refractivity contribution in [2.45, 2.75) is 20.0 Å². The summed E-state index contributed by atoms with van der Waals surface area (Å²) in [5.74, 6) is -0.297. The number of hydrogen-bond acceptors (Lipinski definition) is 7. The molecule has 0 fully saturated rings. The summed E-state index contributed by atoms with van der Waals surface area (Å²) in [4.78, 5) is 15.9. The first-order chi connectivity index (χ1) is 9.08. The van der Waals surface area contributed by atoms with Gasteiger partial charge in [0.2, 0.25) is 17.4 Å². The summed E-state index contributed by atoms with van der Waals surface area (Å²) in [6, 6.07) is 3.33. The molecular weight excluding hydrogens is 250 g/mol. The van der Waals surface area contributed by atoms with Gasteiger partial charge >= 0.3 is 0 Å². The normalized spacial score (nSPS) is 10.5. The van der Waals surface area contributed by atoms with E-state index in [-0.39, 0.29) is 17.6 Å². The number of aromatic nitrogens is 3. The molecule has 0 radical (unpaired) electrons. The third-order valence-corrected chi connectivity index (χ3v) is 2.10. The number of rotatable bonds is 4. The van der Waals surface area contributed by atoms with Crippen LogP contribution in [0.1, 0.15) is 24.3 Å². The fourth-order valence-electron chi connectivity index (χ4n) is 1.34. The highest BCUT2D eigenvalue weighted by molar-refractivity contribution is 6.06. The number of anilines is 2. The summed E-state index contributed by atoms with van der Waals surface area (Å²) < 4.78 is 9.84. The van der Waals surface area contributed by atoms with E-state index in [2.05, 4.69) is 25.2 Å². The Balaban J connectivity index is 2.19. The number of ether oxygens (including phenoxy) is 1. The van der Waals surface area contributed by atoms with Crippen molar-refractivity contribution in [3.63, 3.8) is 0 Å². The third-order valence-electron chi connectivity index (χ3n) is 2.10. The molecule has 2 rings (SSSR count). The van der Waals surface area contributed by atoms with Crippen molar-refractivity contribution < 1.29 is 14.2 Å². The molecule has 8 nitrogen and oxygen atoms in total. The number of nitrogen functional groups attached to an aromatic ring is 1. The molecule has 2 aromatic rings. The van der Waals surface area contributed by atoms with E-state index in [0.717, 1.165) is 0 Å². The molecule has 100 valence electrons. The van der Waals surface area contributed by atoms with Crippen LogP contribution in [0.15, 0.2) is 23.0 Å². The lowest BCUT2D eigenvalue weighted by Gasteiger charge is -2.12. The summed E-state index contributed by atoms with van der Waals surface area (Å²) in [5, 5.41) is 9.34. The Hall–Kier alpha value is -2.64. The van der Waals surface area contributed by atoms with Gasteiger partial charge in [0.05, 0.1) is 6.10 Å². The zero-order valence-electron chi connectivity index (χ0n) is 10.5. The predicted molar refractivity (Wildman–Crippen MR) is 66.7 cm³/mol. The maximum absolute atomic E-state index is 11.9. The topological polar surface area (TPSA) is 116 Å². The van der Waals surface area contributed by atoms with E-state index in [0.29, 0.717) is 11.6 Å². The fraction of sp³-hybridized carbons (Fsp3) is 0.273. The van der Waals surface area contributed by atoms with Crippen molar-refractivity contribution in [1.82, 2.24) is 15.3 Å². The van der Waals surface area contributed by atoms with E-state index >= 15 is 0 Å². The number of carbonyl (C=O) groups excluding carboxylic acids is 1. The van der Waals surface area contributed by atoms with Crippen molar-refractivity contribution in [3.05, 3.63) is 24.0 Å². The lowest BCUT2D eigenvalue weighted by Crippen LogP contribution is -2.16. The molecule has 1 amide bonds. The van der Waals surface area contributed by atoms with Crippen molar-refractivity contribution in [2.75, 3.05) is 11.1 Å². The van der Waals surface area contributed by atoms with Crippen LogP contribution in [0.2, 0.25) is 0 Å². The first kappa shape index (κ1) is 12.8. The standard InChI is InChI=1S/C11H13N5O3/c1-6(2)18-11-7(4-3-5-13-11)14-10(17)8-9(12)16-19-15-8/h3-6H,1-2H3,(H2,12,16)(H,14,17). The highest BCUT2D eigenvalue weighted by Gasteiger charge is 2.18. The highest BCUT2D eigenvalue weighted by atomic mass is 16.6. The molecule has 0 aliphatic carbocycles. The molecule has 0 aliphatic rings. The van der Waals surface area contributed by atoms with Crippen LogP contribution in [0.4, 0.5) is 11.5 Å². The molecule has 0 atom stereocenters. The van der Waals surface area contributed by atoms with E-state index in [1.54, 1.807) is 18.3 Å². The molecule has 2 heterocycles. The van der Waals surface area contributed by atoms with Gasteiger partial charge in [-0.2, -0.15) is 0 Å². The summed E-state index contributed by atoms with van der Waals surface area (Å²) >= 11 is 0. The van der Waals surface area contributed by atoms with Gasteiger partial charge in [-0.15, -0.1) is 0 Å². The smallest absolute Gasteiger partial charge is 0.281 e. The quantitative estimate of drug-likeness (QED) is 0.847. The van der Waals surface area contributed by atoms with Crippen LogP contribution in [-0.2, 0) is 0 Å². The molecule has 0 bridgehead atoms. The Morgan fingerprint density at radius 2 is 2.26 bits per heavy atom. The summed E-state index contributed by atoms with van der Waals surface area (Å²) in [6.07, 6.45) is 1.50. The molecule has 0 spiro atoms. The zero-order chi connectivity index (χ0) is 13.8. The van der Waals surface area contributed by atoms with Crippen LogP contribution in [-0.4, -0.2) is 27.3 Å². The Labute approximate surface area is 108 Å². The first-order valence-electron chi connectivity index (χ1n) is 5.59. The van der Waals surface area contributed by atoms with Gasteiger partial charge in [-0.25, -0.2) is 9.61 Å². The van der Waals surface area contributed by atoms with Crippen LogP contribution in [0.25, 0.3) is 0 Å². The molecular formula is C11H13N5O3. The molecule has 3 N–H and O–H groups in total. The Morgan fingerprint density at radius 3 is 2.89 bits per heavy atom. The molecule has 0 unspecified atom stereocenters. The number of pyridine rings is 1. The van der Waals surface area contributed by atoms with Gasteiger partial charge < -0.3 is 15.8 Å². The third kappa shape index (κ3) is 2.97. The zero-order valence-corrected chi connectivity index (χ0v) is 10.5. The van der Waals surface area contributed by atoms with Crippen LogP contribution in [0.3, 0.4) is 0 Å². The molecule has 8 heteroatoms. The van der Waals surface area contributed by atoms with Crippen molar-refractivity contribution >= 4 is 17.4 Å². The Morgan fingerprint density at radius 1 is 1.47 bits per heavy atom. The summed E-state index contributed by atoms with van der Waals surface area (Å²) in [5.41, 5.74) is 5.77. The Kier molecular flexibility index (Phi) is 3.60. The second kappa shape index (κ2) is 5.34. The number of nitrogens with two attached hydrogens (primary N) is 1. The second-order valence-electron chi connectivity index (χ2n) is 3.97. The van der Waals surface area contributed by atoms with Gasteiger partial charge in [0.25, 0.3) is 5.91 Å². The van der Waals surface area contributed by atoms with Crippen molar-refractivity contribution in [3.8, 4) is 5.88 Å². The average Bonchev–Trinajstić information content (AvgIpc) is 2.77. The minimum Gasteiger partial charge on any atom is -0.473 e. The van der Waals surface area contributed by atoms with Crippen LogP contribution < -0.4 is 15.8 Å². The number of hydrogen-bond donors (Lipinski definition) is 2. The molecule has 2 aromatic heterocycles. The maximum Gasteiger partial charge on any atom is 0.281 e. The summed E-state index contributed by atoms with van der Waals surface area (Å²) in [6.45, 7) is 3.72. The van der Waals surface area contributed by atoms with Gasteiger partial charge in [0, 0.05) is 6.20 Å². The number of carbonyl (C=O) groups is 1. The highest BCUT2D eigenvalue weighted by Crippen LogP contribution is 2.22. The minimum absolute atomic E-state index is 0.0654. The lowest BCUT2D eigenvalue weighted by molar-refractivity contribution is 0.101. The largest absolute Gasteiger partial charge is 0.473 e. The fourth-order valence-corrected chi connectivity index (χ4v) is 1.34.